The van der Waals surface area contributed by atoms with Crippen molar-refractivity contribution in [3.05, 3.63) is 35.3 Å². The van der Waals surface area contributed by atoms with Gasteiger partial charge in [-0.2, -0.15) is 0 Å². The maximum Gasteiger partial charge on any atom is 0.286 e. The molecule has 0 bridgehead atoms. The average Bonchev–Trinajstić information content (AvgIpc) is 3.08. The molecule has 1 atom stereocenters. The van der Waals surface area contributed by atoms with Crippen molar-refractivity contribution >= 4 is 15.9 Å². The minimum Gasteiger partial charge on any atom is -0.490 e. The number of fused-ring (bicyclic) bond motifs is 1. The lowest BCUT2D eigenvalue weighted by molar-refractivity contribution is -0.136. The summed E-state index contributed by atoms with van der Waals surface area (Å²) < 4.78 is 24.1. The predicted octanol–water partition coefficient (Wildman–Crippen LogP) is 5.03. The second-order valence-corrected chi connectivity index (χ2v) is 7.44. The van der Waals surface area contributed by atoms with Gasteiger partial charge in [0.1, 0.15) is 17.6 Å². The highest BCUT2D eigenvalue weighted by Crippen LogP contribution is 2.47. The topological polar surface area (TPSA) is 36.9 Å². The second-order valence-electron chi connectivity index (χ2n) is 6.87. The molecular weight excluding hydrogens is 372 g/mol. The van der Waals surface area contributed by atoms with E-state index in [-0.39, 0.29) is 5.60 Å². The highest BCUT2D eigenvalue weighted by Gasteiger charge is 2.43. The van der Waals surface area contributed by atoms with Crippen molar-refractivity contribution in [1.82, 2.24) is 0 Å². The average molecular weight is 397 g/mol. The molecule has 2 aliphatic rings. The van der Waals surface area contributed by atoms with Gasteiger partial charge < -0.3 is 18.9 Å². The number of hydrogen-bond acceptors (Lipinski definition) is 4. The molecule has 0 amide bonds. The molecular formula is C19H25BrO4. The molecule has 0 radical (unpaired) electrons. The van der Waals surface area contributed by atoms with Crippen LogP contribution in [-0.4, -0.2) is 17.5 Å². The number of hydrogen-bond donors (Lipinski definition) is 0. The molecule has 0 N–H and O–H groups in total. The summed E-state index contributed by atoms with van der Waals surface area (Å²) in [5.41, 5.74) is 1.86. The minimum absolute atomic E-state index is 0.225. The maximum atomic E-state index is 6.17. The normalized spacial score (nSPS) is 23.8. The molecule has 2 aliphatic heterocycles. The van der Waals surface area contributed by atoms with E-state index in [1.807, 2.05) is 13.0 Å². The van der Waals surface area contributed by atoms with E-state index < -0.39 is 5.79 Å². The molecule has 0 aromatic heterocycles. The summed E-state index contributed by atoms with van der Waals surface area (Å²) in [5.74, 6) is 1.65. The van der Waals surface area contributed by atoms with Gasteiger partial charge in [0.2, 0.25) is 0 Å². The Hall–Kier alpha value is -1.36. The van der Waals surface area contributed by atoms with Gasteiger partial charge in [-0.1, -0.05) is 22.9 Å². The highest BCUT2D eigenvalue weighted by molar-refractivity contribution is 9.09. The second kappa shape index (κ2) is 6.51. The third kappa shape index (κ3) is 3.10. The van der Waals surface area contributed by atoms with Crippen molar-refractivity contribution < 1.29 is 18.9 Å². The summed E-state index contributed by atoms with van der Waals surface area (Å²) in [5, 5.41) is 0.540. The van der Waals surface area contributed by atoms with Crippen molar-refractivity contribution in [2.45, 2.75) is 58.3 Å². The summed E-state index contributed by atoms with van der Waals surface area (Å²) in [7, 11) is 0. The molecule has 1 unspecified atom stereocenters. The fourth-order valence-electron chi connectivity index (χ4n) is 3.20. The highest BCUT2D eigenvalue weighted by atomic mass is 79.9. The third-order valence-corrected chi connectivity index (χ3v) is 4.95. The Labute approximate surface area is 152 Å². The number of allylic oxidation sites excluding steroid dienone is 1. The van der Waals surface area contributed by atoms with Gasteiger partial charge in [-0.3, -0.25) is 0 Å². The molecule has 0 aliphatic carbocycles. The molecule has 1 aromatic rings. The minimum atomic E-state index is -0.835. The Morgan fingerprint density at radius 2 is 2.00 bits per heavy atom. The van der Waals surface area contributed by atoms with Crippen LogP contribution in [0.3, 0.4) is 0 Å². The monoisotopic (exact) mass is 396 g/mol. The van der Waals surface area contributed by atoms with Gasteiger partial charge in [0.25, 0.3) is 5.79 Å². The number of ether oxygens (including phenoxy) is 4. The van der Waals surface area contributed by atoms with Crippen molar-refractivity contribution in [2.75, 3.05) is 11.9 Å². The van der Waals surface area contributed by atoms with Crippen molar-refractivity contribution in [1.29, 1.82) is 0 Å². The van der Waals surface area contributed by atoms with Gasteiger partial charge in [-0.05, 0) is 39.3 Å². The SMILES string of the molecule is CCCC1=COC(CBr)(c2cc3c(c(OCC)c2)OC(C)(C)C3)O1. The molecule has 1 aromatic carbocycles. The Balaban J connectivity index is 1.98. The van der Waals surface area contributed by atoms with Crippen molar-refractivity contribution in [2.24, 2.45) is 0 Å². The first-order chi connectivity index (χ1) is 11.4. The van der Waals surface area contributed by atoms with Crippen LogP contribution in [0.2, 0.25) is 0 Å². The number of halogens is 1. The lowest BCUT2D eigenvalue weighted by atomic mass is 9.97. The van der Waals surface area contributed by atoms with Crippen LogP contribution in [0.1, 0.15) is 51.7 Å². The first kappa shape index (κ1) is 17.5. The molecule has 5 heteroatoms. The van der Waals surface area contributed by atoms with Crippen LogP contribution < -0.4 is 9.47 Å². The standard InChI is InChI=1S/C19H25BrO4/c1-5-7-15-11-22-19(12-20,23-15)14-8-13-10-18(3,4)24-17(13)16(9-14)21-6-2/h8-9,11H,5-7,10,12H2,1-4H3. The van der Waals surface area contributed by atoms with Gasteiger partial charge in [0.05, 0.1) is 11.9 Å². The van der Waals surface area contributed by atoms with E-state index in [4.69, 9.17) is 18.9 Å². The molecule has 0 fully saturated rings. The van der Waals surface area contributed by atoms with Gasteiger partial charge >= 0.3 is 0 Å². The van der Waals surface area contributed by atoms with Gasteiger partial charge in [0, 0.05) is 24.0 Å². The zero-order chi connectivity index (χ0) is 17.4. The van der Waals surface area contributed by atoms with Gasteiger partial charge in [-0.15, -0.1) is 0 Å². The van der Waals surface area contributed by atoms with Crippen LogP contribution in [0.5, 0.6) is 11.5 Å². The van der Waals surface area contributed by atoms with Crippen molar-refractivity contribution in [3.8, 4) is 11.5 Å². The first-order valence-corrected chi connectivity index (χ1v) is 9.66. The quantitative estimate of drug-likeness (QED) is 0.631. The smallest absolute Gasteiger partial charge is 0.286 e. The number of benzene rings is 1. The van der Waals surface area contributed by atoms with Crippen LogP contribution in [-0.2, 0) is 21.7 Å². The van der Waals surface area contributed by atoms with E-state index in [2.05, 4.69) is 42.8 Å². The lowest BCUT2D eigenvalue weighted by Gasteiger charge is -2.28. The Kier molecular flexibility index (Phi) is 4.73. The van der Waals surface area contributed by atoms with Crippen LogP contribution in [0, 0.1) is 0 Å². The van der Waals surface area contributed by atoms with E-state index in [1.54, 1.807) is 6.26 Å². The van der Waals surface area contributed by atoms with Crippen LogP contribution in [0.25, 0.3) is 0 Å². The summed E-state index contributed by atoms with van der Waals surface area (Å²) in [6.45, 7) is 8.86. The van der Waals surface area contributed by atoms with E-state index in [9.17, 15) is 0 Å². The van der Waals surface area contributed by atoms with E-state index >= 15 is 0 Å². The molecule has 132 valence electrons. The van der Waals surface area contributed by atoms with Crippen LogP contribution >= 0.6 is 15.9 Å². The Bertz CT molecular complexity index is 653. The predicted molar refractivity (Wildman–Crippen MR) is 96.7 cm³/mol. The molecule has 4 nitrogen and oxygen atoms in total. The summed E-state index contributed by atoms with van der Waals surface area (Å²) in [4.78, 5) is 0. The fourth-order valence-corrected chi connectivity index (χ4v) is 3.77. The Morgan fingerprint density at radius 3 is 2.67 bits per heavy atom. The Morgan fingerprint density at radius 1 is 1.21 bits per heavy atom. The zero-order valence-electron chi connectivity index (χ0n) is 14.8. The van der Waals surface area contributed by atoms with Gasteiger partial charge in [0.15, 0.2) is 11.5 Å². The summed E-state index contributed by atoms with van der Waals surface area (Å²) in [6.07, 6.45) is 4.46. The summed E-state index contributed by atoms with van der Waals surface area (Å²) in [6, 6.07) is 4.10. The van der Waals surface area contributed by atoms with Crippen LogP contribution in [0.15, 0.2) is 24.2 Å². The zero-order valence-corrected chi connectivity index (χ0v) is 16.4. The third-order valence-electron chi connectivity index (χ3n) is 4.21. The molecule has 0 saturated heterocycles. The number of alkyl halides is 1. The fraction of sp³-hybridized carbons (Fsp3) is 0.579. The molecule has 2 heterocycles. The van der Waals surface area contributed by atoms with E-state index in [1.165, 1.54) is 0 Å². The first-order valence-electron chi connectivity index (χ1n) is 8.54. The lowest BCUT2D eigenvalue weighted by Crippen LogP contribution is -2.29. The number of rotatable bonds is 6. The molecule has 24 heavy (non-hydrogen) atoms. The van der Waals surface area contributed by atoms with E-state index in [0.29, 0.717) is 11.9 Å². The largest absolute Gasteiger partial charge is 0.490 e. The molecule has 0 spiro atoms. The summed E-state index contributed by atoms with van der Waals surface area (Å²) >= 11 is 3.56. The van der Waals surface area contributed by atoms with E-state index in [0.717, 1.165) is 47.6 Å². The van der Waals surface area contributed by atoms with Gasteiger partial charge in [-0.25, -0.2) is 0 Å². The molecule has 3 rings (SSSR count). The molecule has 0 saturated carbocycles. The maximum absolute atomic E-state index is 6.17. The van der Waals surface area contributed by atoms with Crippen LogP contribution in [0.4, 0.5) is 0 Å². The van der Waals surface area contributed by atoms with Crippen molar-refractivity contribution in [3.63, 3.8) is 0 Å².